The van der Waals surface area contributed by atoms with Gasteiger partial charge in [0.25, 0.3) is 0 Å². The van der Waals surface area contributed by atoms with Crippen LogP contribution >= 0.6 is 0 Å². The molecule has 1 aromatic carbocycles. The van der Waals surface area contributed by atoms with Crippen LogP contribution in [0.2, 0.25) is 0 Å². The molecule has 1 saturated heterocycles. The largest absolute Gasteiger partial charge is 0.462 e. The van der Waals surface area contributed by atoms with Gasteiger partial charge in [0.2, 0.25) is 12.2 Å². The minimum absolute atomic E-state index is 0.0429. The topological polar surface area (TPSA) is 168 Å². The molecule has 1 aliphatic rings. The monoisotopic (exact) mass is 439 g/mol. The summed E-state index contributed by atoms with van der Waals surface area (Å²) in [5.41, 5.74) is -0.0491. The molecule has 31 heavy (non-hydrogen) atoms. The molecular formula is C20H25NO10. The van der Waals surface area contributed by atoms with Crippen molar-refractivity contribution < 1.29 is 43.8 Å². The summed E-state index contributed by atoms with van der Waals surface area (Å²) in [6.07, 6.45) is -7.22. The van der Waals surface area contributed by atoms with Crippen LogP contribution in [-0.4, -0.2) is 83.9 Å². The Morgan fingerprint density at radius 3 is 2.65 bits per heavy atom. The highest BCUT2D eigenvalue weighted by atomic mass is 16.7. The van der Waals surface area contributed by atoms with Crippen LogP contribution in [0.15, 0.2) is 33.5 Å². The zero-order chi connectivity index (χ0) is 22.5. The van der Waals surface area contributed by atoms with E-state index in [2.05, 4.69) is 5.32 Å². The minimum Gasteiger partial charge on any atom is -0.462 e. The van der Waals surface area contributed by atoms with Crippen LogP contribution in [-0.2, 0) is 20.7 Å². The number of nitrogens with one attached hydrogen (secondary N) is 1. The van der Waals surface area contributed by atoms with Gasteiger partial charge in [-0.25, -0.2) is 4.79 Å². The summed E-state index contributed by atoms with van der Waals surface area (Å²) in [4.78, 5) is 24.0. The molecule has 0 spiro atoms. The predicted molar refractivity (Wildman–Crippen MR) is 105 cm³/mol. The van der Waals surface area contributed by atoms with Crippen LogP contribution in [0.4, 0.5) is 0 Å². The van der Waals surface area contributed by atoms with Crippen LogP contribution in [0.5, 0.6) is 5.75 Å². The van der Waals surface area contributed by atoms with Crippen molar-refractivity contribution in [2.24, 2.45) is 0 Å². The first kappa shape index (κ1) is 23.1. The number of benzene rings is 1. The summed E-state index contributed by atoms with van der Waals surface area (Å²) in [5.74, 6) is -0.146. The fourth-order valence-electron chi connectivity index (χ4n) is 3.26. The van der Waals surface area contributed by atoms with Gasteiger partial charge in [-0.3, -0.25) is 4.79 Å². The molecule has 2 aromatic rings. The van der Waals surface area contributed by atoms with Crippen molar-refractivity contribution in [3.05, 3.63) is 40.2 Å². The molecule has 3 unspecified atom stereocenters. The van der Waals surface area contributed by atoms with Gasteiger partial charge in [-0.05, 0) is 17.7 Å². The number of hydrogen-bond donors (Lipinski definition) is 5. The molecule has 1 aromatic heterocycles. The van der Waals surface area contributed by atoms with Crippen molar-refractivity contribution >= 4 is 16.9 Å². The number of aliphatic hydroxyl groups excluding tert-OH is 4. The molecule has 11 heteroatoms. The van der Waals surface area contributed by atoms with Crippen LogP contribution in [0.1, 0.15) is 5.56 Å². The Morgan fingerprint density at radius 1 is 1.16 bits per heavy atom. The second kappa shape index (κ2) is 10.2. The number of ether oxygens (including phenoxy) is 3. The number of carbonyl (C=O) groups excluding carboxylic acids is 1. The van der Waals surface area contributed by atoms with Gasteiger partial charge in [-0.2, -0.15) is 0 Å². The molecule has 1 aliphatic heterocycles. The fraction of sp³-hybridized carbons (Fsp3) is 0.500. The molecular weight excluding hydrogens is 414 g/mol. The van der Waals surface area contributed by atoms with Gasteiger partial charge in [-0.1, -0.05) is 0 Å². The van der Waals surface area contributed by atoms with E-state index in [1.165, 1.54) is 25.3 Å². The van der Waals surface area contributed by atoms with Gasteiger partial charge in [0.15, 0.2) is 0 Å². The van der Waals surface area contributed by atoms with Gasteiger partial charge < -0.3 is 44.4 Å². The molecule has 5 N–H and O–H groups in total. The summed E-state index contributed by atoms with van der Waals surface area (Å²) in [6, 6.07) is 5.70. The zero-order valence-electron chi connectivity index (χ0n) is 16.8. The lowest BCUT2D eigenvalue weighted by Crippen LogP contribution is -2.60. The Labute approximate surface area is 176 Å². The fourth-order valence-corrected chi connectivity index (χ4v) is 3.26. The highest BCUT2D eigenvalue weighted by Crippen LogP contribution is 2.27. The van der Waals surface area contributed by atoms with Crippen molar-refractivity contribution in [3.8, 4) is 5.75 Å². The van der Waals surface area contributed by atoms with Crippen molar-refractivity contribution in [2.75, 3.05) is 26.9 Å². The lowest BCUT2D eigenvalue weighted by molar-refractivity contribution is -0.277. The molecule has 5 atom stereocenters. The lowest BCUT2D eigenvalue weighted by Gasteiger charge is -2.39. The number of methoxy groups -OCH3 is 1. The summed E-state index contributed by atoms with van der Waals surface area (Å²) < 4.78 is 20.9. The molecule has 170 valence electrons. The van der Waals surface area contributed by atoms with Crippen molar-refractivity contribution in [3.63, 3.8) is 0 Å². The molecule has 0 saturated carbocycles. The number of rotatable bonds is 8. The molecule has 1 fully saturated rings. The maximum absolute atomic E-state index is 12.1. The van der Waals surface area contributed by atoms with Crippen LogP contribution < -0.4 is 15.7 Å². The molecule has 0 radical (unpaired) electrons. The quantitative estimate of drug-likeness (QED) is 0.236. The third kappa shape index (κ3) is 5.39. The smallest absolute Gasteiger partial charge is 0.336 e. The van der Waals surface area contributed by atoms with Crippen LogP contribution in [0, 0.1) is 0 Å². The van der Waals surface area contributed by atoms with Crippen LogP contribution in [0.25, 0.3) is 11.0 Å². The van der Waals surface area contributed by atoms with E-state index in [0.29, 0.717) is 24.1 Å². The normalized spacial score (nSPS) is 26.0. The summed E-state index contributed by atoms with van der Waals surface area (Å²) in [5, 5.41) is 42.3. The third-order valence-electron chi connectivity index (χ3n) is 4.88. The highest BCUT2D eigenvalue weighted by molar-refractivity contribution is 5.87. The highest BCUT2D eigenvalue weighted by Gasteiger charge is 2.44. The first-order chi connectivity index (χ1) is 14.8. The van der Waals surface area contributed by atoms with E-state index < -0.39 is 42.9 Å². The van der Waals surface area contributed by atoms with E-state index >= 15 is 0 Å². The lowest BCUT2D eigenvalue weighted by atomic mass is 9.99. The summed E-state index contributed by atoms with van der Waals surface area (Å²) in [7, 11) is 1.52. The van der Waals surface area contributed by atoms with Gasteiger partial charge in [0.05, 0.1) is 19.6 Å². The predicted octanol–water partition coefficient (Wildman–Crippen LogP) is -1.72. The van der Waals surface area contributed by atoms with Crippen molar-refractivity contribution in [1.29, 1.82) is 0 Å². The van der Waals surface area contributed by atoms with Crippen molar-refractivity contribution in [2.45, 2.75) is 37.1 Å². The van der Waals surface area contributed by atoms with E-state index in [0.717, 1.165) is 0 Å². The van der Waals surface area contributed by atoms with E-state index in [4.69, 9.17) is 18.6 Å². The molecule has 3 rings (SSSR count). The molecule has 0 aliphatic carbocycles. The molecule has 0 bridgehead atoms. The number of hydrogen-bond acceptors (Lipinski definition) is 10. The van der Waals surface area contributed by atoms with Crippen molar-refractivity contribution in [1.82, 2.24) is 5.32 Å². The van der Waals surface area contributed by atoms with Gasteiger partial charge in [0, 0.05) is 31.2 Å². The SMILES string of the molecule is COCCNC(=O)Cc1cc(=O)oc2cc(O[C@@H]3OC(CO)[C@H](O)C(O)C3O)ccc12. The first-order valence-corrected chi connectivity index (χ1v) is 9.63. The minimum atomic E-state index is -1.59. The number of amides is 1. The molecule has 2 heterocycles. The van der Waals surface area contributed by atoms with E-state index in [1.54, 1.807) is 6.07 Å². The maximum atomic E-state index is 12.1. The first-order valence-electron chi connectivity index (χ1n) is 9.63. The Morgan fingerprint density at radius 2 is 1.94 bits per heavy atom. The number of carbonyl (C=O) groups is 1. The number of fused-ring (bicyclic) bond motifs is 1. The van der Waals surface area contributed by atoms with E-state index in [1.807, 2.05) is 0 Å². The maximum Gasteiger partial charge on any atom is 0.336 e. The van der Waals surface area contributed by atoms with Gasteiger partial charge in [-0.15, -0.1) is 0 Å². The second-order valence-corrected chi connectivity index (χ2v) is 7.08. The average molecular weight is 439 g/mol. The zero-order valence-corrected chi connectivity index (χ0v) is 16.8. The Bertz CT molecular complexity index is 959. The third-order valence-corrected chi connectivity index (χ3v) is 4.88. The standard InChI is InChI=1S/C20H25NO10/c1-28-5-4-21-15(23)6-10-7-16(24)30-13-8-11(2-3-12(10)13)29-20-19(27)18(26)17(25)14(9-22)31-20/h2-3,7-8,14,17-20,22,25-27H,4-6,9H2,1H3,(H,21,23)/t14?,17-,18?,19?,20+/m0/s1. The van der Waals surface area contributed by atoms with E-state index in [9.17, 15) is 30.0 Å². The average Bonchev–Trinajstić information content (AvgIpc) is 2.74. The van der Waals surface area contributed by atoms with Gasteiger partial charge in [0.1, 0.15) is 35.7 Å². The Kier molecular flexibility index (Phi) is 7.59. The van der Waals surface area contributed by atoms with Crippen LogP contribution in [0.3, 0.4) is 0 Å². The molecule has 1 amide bonds. The van der Waals surface area contributed by atoms with E-state index in [-0.39, 0.29) is 23.7 Å². The van der Waals surface area contributed by atoms with Gasteiger partial charge >= 0.3 is 5.63 Å². The Hall–Kier alpha value is -2.54. The number of aliphatic hydroxyl groups is 4. The summed E-state index contributed by atoms with van der Waals surface area (Å²) in [6.45, 7) is 0.112. The Balaban J connectivity index is 1.80. The second-order valence-electron chi connectivity index (χ2n) is 7.08. The molecule has 11 nitrogen and oxygen atoms in total. The summed E-state index contributed by atoms with van der Waals surface area (Å²) >= 11 is 0.